The highest BCUT2D eigenvalue weighted by molar-refractivity contribution is 7.07. The van der Waals surface area contributed by atoms with Gasteiger partial charge in [-0.25, -0.2) is 0 Å². The van der Waals surface area contributed by atoms with Crippen LogP contribution in [0.25, 0.3) is 0 Å². The molecule has 2 rings (SSSR count). The number of hydrogen-bond acceptors (Lipinski definition) is 2. The van der Waals surface area contributed by atoms with Crippen molar-refractivity contribution in [2.45, 2.75) is 38.5 Å². The minimum atomic E-state index is -0.620. The lowest BCUT2D eigenvalue weighted by molar-refractivity contribution is -0.143. The van der Waals surface area contributed by atoms with Gasteiger partial charge < -0.3 is 5.11 Å². The fraction of sp³-hybridized carbons (Fsp3) is 0.615. The lowest BCUT2D eigenvalue weighted by atomic mass is 9.71. The smallest absolute Gasteiger partial charge is 0.307 e. The van der Waals surface area contributed by atoms with Gasteiger partial charge in [-0.2, -0.15) is 11.3 Å². The van der Waals surface area contributed by atoms with Gasteiger partial charge in [-0.1, -0.05) is 13.3 Å². The first-order valence-corrected chi connectivity index (χ1v) is 6.91. The molecule has 16 heavy (non-hydrogen) atoms. The Morgan fingerprint density at radius 1 is 1.56 bits per heavy atom. The highest BCUT2D eigenvalue weighted by Crippen LogP contribution is 2.42. The average molecular weight is 238 g/mol. The molecule has 2 nitrogen and oxygen atoms in total. The zero-order valence-electron chi connectivity index (χ0n) is 9.56. The number of rotatable bonds is 3. The second-order valence-corrected chi connectivity index (χ2v) is 5.48. The first-order valence-electron chi connectivity index (χ1n) is 5.97. The third-order valence-electron chi connectivity index (χ3n) is 3.82. The summed E-state index contributed by atoms with van der Waals surface area (Å²) < 4.78 is 0. The molecular formula is C13H18O2S. The van der Waals surface area contributed by atoms with Crippen LogP contribution in [-0.4, -0.2) is 11.1 Å². The first-order chi connectivity index (χ1) is 7.72. The topological polar surface area (TPSA) is 37.3 Å². The number of hydrogen-bond donors (Lipinski definition) is 1. The fourth-order valence-corrected chi connectivity index (χ4v) is 3.50. The second-order valence-electron chi connectivity index (χ2n) is 4.70. The quantitative estimate of drug-likeness (QED) is 0.871. The van der Waals surface area contributed by atoms with E-state index in [1.165, 1.54) is 12.0 Å². The van der Waals surface area contributed by atoms with Gasteiger partial charge >= 0.3 is 5.97 Å². The molecule has 3 unspecified atom stereocenters. The van der Waals surface area contributed by atoms with Gasteiger partial charge in [0.05, 0.1) is 5.92 Å². The van der Waals surface area contributed by atoms with Crippen LogP contribution in [-0.2, 0) is 4.79 Å². The summed E-state index contributed by atoms with van der Waals surface area (Å²) in [6.07, 6.45) is 4.14. The summed E-state index contributed by atoms with van der Waals surface area (Å²) in [5.74, 6) is 0.158. The molecule has 0 aromatic carbocycles. The molecule has 1 aliphatic carbocycles. The number of thiophene rings is 1. The summed E-state index contributed by atoms with van der Waals surface area (Å²) in [5, 5.41) is 13.4. The highest BCUT2D eigenvalue weighted by Gasteiger charge is 2.35. The molecule has 1 saturated carbocycles. The minimum Gasteiger partial charge on any atom is -0.481 e. The predicted molar refractivity (Wildman–Crippen MR) is 65.8 cm³/mol. The maximum Gasteiger partial charge on any atom is 0.307 e. The third kappa shape index (κ3) is 2.29. The van der Waals surface area contributed by atoms with Crippen molar-refractivity contribution in [2.24, 2.45) is 11.8 Å². The molecule has 0 aliphatic heterocycles. The SMILES string of the molecule is CCC1CCC(C(=O)O)C(c2ccsc2)C1. The van der Waals surface area contributed by atoms with Crippen molar-refractivity contribution in [1.29, 1.82) is 0 Å². The minimum absolute atomic E-state index is 0.169. The fourth-order valence-electron chi connectivity index (χ4n) is 2.78. The molecule has 1 heterocycles. The molecule has 0 amide bonds. The zero-order chi connectivity index (χ0) is 11.5. The van der Waals surface area contributed by atoms with Crippen molar-refractivity contribution in [3.63, 3.8) is 0 Å². The van der Waals surface area contributed by atoms with E-state index in [4.69, 9.17) is 0 Å². The monoisotopic (exact) mass is 238 g/mol. The van der Waals surface area contributed by atoms with E-state index >= 15 is 0 Å². The molecule has 1 N–H and O–H groups in total. The Hall–Kier alpha value is -0.830. The maximum absolute atomic E-state index is 11.3. The molecule has 0 radical (unpaired) electrons. The largest absolute Gasteiger partial charge is 0.481 e. The van der Waals surface area contributed by atoms with Crippen LogP contribution >= 0.6 is 11.3 Å². The summed E-state index contributed by atoms with van der Waals surface area (Å²) >= 11 is 1.66. The van der Waals surface area contributed by atoms with Gasteiger partial charge in [0, 0.05) is 0 Å². The van der Waals surface area contributed by atoms with E-state index in [1.54, 1.807) is 11.3 Å². The zero-order valence-corrected chi connectivity index (χ0v) is 10.4. The molecule has 1 aromatic heterocycles. The lowest BCUT2D eigenvalue weighted by Crippen LogP contribution is -2.28. The van der Waals surface area contributed by atoms with Crippen molar-refractivity contribution < 1.29 is 9.90 Å². The average Bonchev–Trinajstić information content (AvgIpc) is 2.81. The van der Waals surface area contributed by atoms with Crippen LogP contribution in [0.3, 0.4) is 0 Å². The molecule has 0 bridgehead atoms. The number of carbonyl (C=O) groups is 1. The number of carboxylic acid groups (broad SMARTS) is 1. The standard InChI is InChI=1S/C13H18O2S/c1-2-9-3-4-11(13(14)15)12(7-9)10-5-6-16-8-10/h5-6,8-9,11-12H,2-4,7H2,1H3,(H,14,15). The Morgan fingerprint density at radius 3 is 2.94 bits per heavy atom. The van der Waals surface area contributed by atoms with Crippen LogP contribution in [0.4, 0.5) is 0 Å². The van der Waals surface area contributed by atoms with Gasteiger partial charge in [0.25, 0.3) is 0 Å². The summed E-state index contributed by atoms with van der Waals surface area (Å²) in [5.41, 5.74) is 1.23. The summed E-state index contributed by atoms with van der Waals surface area (Å²) in [7, 11) is 0. The Morgan fingerprint density at radius 2 is 2.38 bits per heavy atom. The second kappa shape index (κ2) is 5.00. The van der Waals surface area contributed by atoms with E-state index in [0.29, 0.717) is 5.92 Å². The molecule has 0 saturated heterocycles. The van der Waals surface area contributed by atoms with Crippen molar-refractivity contribution in [3.05, 3.63) is 22.4 Å². The van der Waals surface area contributed by atoms with E-state index in [2.05, 4.69) is 18.4 Å². The Bertz CT molecular complexity index is 345. The summed E-state index contributed by atoms with van der Waals surface area (Å²) in [4.78, 5) is 11.3. The molecular weight excluding hydrogens is 220 g/mol. The lowest BCUT2D eigenvalue weighted by Gasteiger charge is -2.33. The first kappa shape index (κ1) is 11.6. The van der Waals surface area contributed by atoms with Crippen LogP contribution in [0, 0.1) is 11.8 Å². The molecule has 88 valence electrons. The van der Waals surface area contributed by atoms with Gasteiger partial charge in [-0.05, 0) is 53.5 Å². The number of carboxylic acids is 1. The molecule has 1 fully saturated rings. The van der Waals surface area contributed by atoms with Crippen LogP contribution < -0.4 is 0 Å². The Kier molecular flexibility index (Phi) is 3.64. The van der Waals surface area contributed by atoms with E-state index in [-0.39, 0.29) is 11.8 Å². The van der Waals surface area contributed by atoms with Crippen molar-refractivity contribution in [1.82, 2.24) is 0 Å². The molecule has 3 atom stereocenters. The Balaban J connectivity index is 2.18. The van der Waals surface area contributed by atoms with Crippen molar-refractivity contribution in [3.8, 4) is 0 Å². The molecule has 0 spiro atoms. The van der Waals surface area contributed by atoms with Gasteiger partial charge in [-0.3, -0.25) is 4.79 Å². The van der Waals surface area contributed by atoms with Crippen LogP contribution in [0.5, 0.6) is 0 Å². The number of aliphatic carboxylic acids is 1. The van der Waals surface area contributed by atoms with E-state index < -0.39 is 5.97 Å². The van der Waals surface area contributed by atoms with E-state index in [1.807, 2.05) is 5.38 Å². The van der Waals surface area contributed by atoms with Crippen LogP contribution in [0.2, 0.25) is 0 Å². The molecule has 1 aromatic rings. The van der Waals surface area contributed by atoms with Gasteiger partial charge in [0.2, 0.25) is 0 Å². The maximum atomic E-state index is 11.3. The van der Waals surface area contributed by atoms with E-state index in [0.717, 1.165) is 19.3 Å². The molecule has 3 heteroatoms. The highest BCUT2D eigenvalue weighted by atomic mass is 32.1. The predicted octanol–water partition coefficient (Wildman–Crippen LogP) is 3.74. The van der Waals surface area contributed by atoms with Crippen molar-refractivity contribution in [2.75, 3.05) is 0 Å². The van der Waals surface area contributed by atoms with E-state index in [9.17, 15) is 9.90 Å². The van der Waals surface area contributed by atoms with Crippen molar-refractivity contribution >= 4 is 17.3 Å². The van der Waals surface area contributed by atoms with Gasteiger partial charge in [-0.15, -0.1) is 0 Å². The normalized spacial score (nSPS) is 30.2. The summed E-state index contributed by atoms with van der Waals surface area (Å²) in [6, 6.07) is 2.09. The van der Waals surface area contributed by atoms with Crippen LogP contribution in [0.1, 0.15) is 44.1 Å². The third-order valence-corrected chi connectivity index (χ3v) is 4.53. The summed E-state index contributed by atoms with van der Waals surface area (Å²) in [6.45, 7) is 2.20. The van der Waals surface area contributed by atoms with Gasteiger partial charge in [0.1, 0.15) is 0 Å². The van der Waals surface area contributed by atoms with Gasteiger partial charge in [0.15, 0.2) is 0 Å². The Labute approximate surface area is 100 Å². The van der Waals surface area contributed by atoms with Crippen LogP contribution in [0.15, 0.2) is 16.8 Å². The molecule has 1 aliphatic rings.